The van der Waals surface area contributed by atoms with E-state index in [1.54, 1.807) is 12.4 Å². The molecule has 1 atom stereocenters. The molecule has 88 valence electrons. The summed E-state index contributed by atoms with van der Waals surface area (Å²) in [6, 6.07) is 2.00. The molecule has 0 fully saturated rings. The first-order valence-corrected chi connectivity index (χ1v) is 5.77. The Hall–Kier alpha value is -1.38. The average Bonchev–Trinajstić information content (AvgIpc) is 2.26. The van der Waals surface area contributed by atoms with Gasteiger partial charge in [-0.05, 0) is 31.4 Å². The molecule has 0 radical (unpaired) electrons. The molecule has 0 saturated heterocycles. The SMILES string of the molecule is CCCC(C(=O)OCC)c1cncc(C)c1. The number of carbonyl (C=O) groups is 1. The van der Waals surface area contributed by atoms with Crippen molar-refractivity contribution in [1.29, 1.82) is 0 Å². The molecule has 1 unspecified atom stereocenters. The van der Waals surface area contributed by atoms with Gasteiger partial charge in [0.2, 0.25) is 0 Å². The van der Waals surface area contributed by atoms with Gasteiger partial charge in [-0.25, -0.2) is 0 Å². The van der Waals surface area contributed by atoms with Gasteiger partial charge in [0.15, 0.2) is 0 Å². The molecule has 0 aromatic carbocycles. The molecule has 0 aliphatic carbocycles. The van der Waals surface area contributed by atoms with E-state index in [1.807, 2.05) is 19.9 Å². The number of esters is 1. The van der Waals surface area contributed by atoms with Crippen LogP contribution in [-0.4, -0.2) is 17.6 Å². The number of ether oxygens (including phenoxy) is 1. The van der Waals surface area contributed by atoms with E-state index in [2.05, 4.69) is 11.9 Å². The van der Waals surface area contributed by atoms with Gasteiger partial charge in [-0.1, -0.05) is 19.4 Å². The predicted molar refractivity (Wildman–Crippen MR) is 63.3 cm³/mol. The van der Waals surface area contributed by atoms with Crippen LogP contribution >= 0.6 is 0 Å². The number of carbonyl (C=O) groups excluding carboxylic acids is 1. The second-order valence-corrected chi connectivity index (χ2v) is 3.89. The zero-order valence-corrected chi connectivity index (χ0v) is 10.2. The second kappa shape index (κ2) is 6.26. The Morgan fingerprint density at radius 2 is 2.19 bits per heavy atom. The van der Waals surface area contributed by atoms with Gasteiger partial charge in [0.25, 0.3) is 0 Å². The minimum atomic E-state index is -0.169. The number of hydrogen-bond donors (Lipinski definition) is 0. The number of aromatic nitrogens is 1. The van der Waals surface area contributed by atoms with Crippen LogP contribution < -0.4 is 0 Å². The van der Waals surface area contributed by atoms with Crippen LogP contribution in [0.3, 0.4) is 0 Å². The van der Waals surface area contributed by atoms with Gasteiger partial charge in [0.1, 0.15) is 0 Å². The molecule has 0 amide bonds. The van der Waals surface area contributed by atoms with Gasteiger partial charge < -0.3 is 4.74 Å². The lowest BCUT2D eigenvalue weighted by Crippen LogP contribution is -2.16. The molecule has 3 nitrogen and oxygen atoms in total. The summed E-state index contributed by atoms with van der Waals surface area (Å²) in [7, 11) is 0. The number of rotatable bonds is 5. The Kier molecular flexibility index (Phi) is 4.96. The molecule has 1 aromatic heterocycles. The highest BCUT2D eigenvalue weighted by atomic mass is 16.5. The van der Waals surface area contributed by atoms with Gasteiger partial charge in [-0.15, -0.1) is 0 Å². The standard InChI is InChI=1S/C13H19NO2/c1-4-6-12(13(15)16-5-2)11-7-10(3)8-14-9-11/h7-9,12H,4-6H2,1-3H3. The fraction of sp³-hybridized carbons (Fsp3) is 0.538. The molecule has 1 rings (SSSR count). The Labute approximate surface area is 96.8 Å². The lowest BCUT2D eigenvalue weighted by atomic mass is 9.95. The first-order valence-electron chi connectivity index (χ1n) is 5.77. The fourth-order valence-electron chi connectivity index (χ4n) is 1.72. The van der Waals surface area contributed by atoms with E-state index < -0.39 is 0 Å². The third-order valence-corrected chi connectivity index (χ3v) is 2.45. The molecule has 16 heavy (non-hydrogen) atoms. The van der Waals surface area contributed by atoms with Crippen molar-refractivity contribution in [3.63, 3.8) is 0 Å². The minimum Gasteiger partial charge on any atom is -0.466 e. The lowest BCUT2D eigenvalue weighted by molar-refractivity contribution is -0.145. The summed E-state index contributed by atoms with van der Waals surface area (Å²) in [4.78, 5) is 15.9. The molecule has 0 saturated carbocycles. The Morgan fingerprint density at radius 1 is 1.44 bits per heavy atom. The summed E-state index contributed by atoms with van der Waals surface area (Å²) >= 11 is 0. The molecule has 0 spiro atoms. The van der Waals surface area contributed by atoms with Crippen molar-refractivity contribution < 1.29 is 9.53 Å². The van der Waals surface area contributed by atoms with Crippen LogP contribution in [0.25, 0.3) is 0 Å². The van der Waals surface area contributed by atoms with E-state index >= 15 is 0 Å². The first kappa shape index (κ1) is 12.7. The topological polar surface area (TPSA) is 39.2 Å². The maximum atomic E-state index is 11.8. The Bertz CT molecular complexity index is 350. The molecule has 3 heteroatoms. The molecule has 0 aliphatic heterocycles. The number of hydrogen-bond acceptors (Lipinski definition) is 3. The van der Waals surface area contributed by atoms with Crippen molar-refractivity contribution in [2.24, 2.45) is 0 Å². The van der Waals surface area contributed by atoms with Crippen LogP contribution in [0.1, 0.15) is 43.7 Å². The summed E-state index contributed by atoms with van der Waals surface area (Å²) in [6.45, 7) is 6.30. The molecule has 0 bridgehead atoms. The van der Waals surface area contributed by atoms with Gasteiger partial charge in [0.05, 0.1) is 12.5 Å². The Morgan fingerprint density at radius 3 is 2.75 bits per heavy atom. The molecule has 0 aliphatic rings. The smallest absolute Gasteiger partial charge is 0.313 e. The Balaban J connectivity index is 2.88. The number of nitrogens with zero attached hydrogens (tertiary/aromatic N) is 1. The van der Waals surface area contributed by atoms with Crippen LogP contribution in [0.2, 0.25) is 0 Å². The zero-order valence-electron chi connectivity index (χ0n) is 10.2. The van der Waals surface area contributed by atoms with Crippen molar-refractivity contribution >= 4 is 5.97 Å². The van der Waals surface area contributed by atoms with Gasteiger partial charge in [-0.3, -0.25) is 9.78 Å². The second-order valence-electron chi connectivity index (χ2n) is 3.89. The molecule has 1 aromatic rings. The van der Waals surface area contributed by atoms with Crippen LogP contribution in [0.5, 0.6) is 0 Å². The molecule has 0 N–H and O–H groups in total. The lowest BCUT2D eigenvalue weighted by Gasteiger charge is -2.15. The van der Waals surface area contributed by atoms with Crippen molar-refractivity contribution in [1.82, 2.24) is 4.98 Å². The molecular formula is C13H19NO2. The van der Waals surface area contributed by atoms with Crippen LogP contribution in [0.15, 0.2) is 18.5 Å². The summed E-state index contributed by atoms with van der Waals surface area (Å²) in [5, 5.41) is 0. The average molecular weight is 221 g/mol. The highest BCUT2D eigenvalue weighted by Crippen LogP contribution is 2.22. The van der Waals surface area contributed by atoms with Crippen molar-refractivity contribution in [3.05, 3.63) is 29.6 Å². The zero-order chi connectivity index (χ0) is 12.0. The third kappa shape index (κ3) is 3.33. The maximum absolute atomic E-state index is 11.8. The van der Waals surface area contributed by atoms with Crippen molar-refractivity contribution in [2.75, 3.05) is 6.61 Å². The predicted octanol–water partition coefficient (Wildman–Crippen LogP) is 2.84. The summed E-state index contributed by atoms with van der Waals surface area (Å²) < 4.78 is 5.08. The summed E-state index contributed by atoms with van der Waals surface area (Å²) in [5.74, 6) is -0.311. The third-order valence-electron chi connectivity index (χ3n) is 2.45. The van der Waals surface area contributed by atoms with Gasteiger partial charge in [0, 0.05) is 12.4 Å². The van der Waals surface area contributed by atoms with Crippen molar-refractivity contribution in [2.45, 2.75) is 39.5 Å². The highest BCUT2D eigenvalue weighted by molar-refractivity contribution is 5.78. The van der Waals surface area contributed by atoms with Crippen LogP contribution in [-0.2, 0) is 9.53 Å². The summed E-state index contributed by atoms with van der Waals surface area (Å²) in [5.41, 5.74) is 2.03. The summed E-state index contributed by atoms with van der Waals surface area (Å²) in [6.07, 6.45) is 5.31. The molecule has 1 heterocycles. The maximum Gasteiger partial charge on any atom is 0.313 e. The normalized spacial score (nSPS) is 12.2. The first-order chi connectivity index (χ1) is 7.69. The minimum absolute atomic E-state index is 0.142. The van der Waals surface area contributed by atoms with E-state index in [9.17, 15) is 4.79 Å². The highest BCUT2D eigenvalue weighted by Gasteiger charge is 2.21. The fourth-order valence-corrected chi connectivity index (χ4v) is 1.72. The van der Waals surface area contributed by atoms with Crippen LogP contribution in [0, 0.1) is 6.92 Å². The van der Waals surface area contributed by atoms with E-state index in [-0.39, 0.29) is 11.9 Å². The van der Waals surface area contributed by atoms with E-state index in [0.29, 0.717) is 6.61 Å². The largest absolute Gasteiger partial charge is 0.466 e. The number of pyridine rings is 1. The monoisotopic (exact) mass is 221 g/mol. The van der Waals surface area contributed by atoms with Crippen LogP contribution in [0.4, 0.5) is 0 Å². The quantitative estimate of drug-likeness (QED) is 0.718. The van der Waals surface area contributed by atoms with E-state index in [1.165, 1.54) is 0 Å². The molecular weight excluding hydrogens is 202 g/mol. The van der Waals surface area contributed by atoms with E-state index in [0.717, 1.165) is 24.0 Å². The van der Waals surface area contributed by atoms with Crippen molar-refractivity contribution in [3.8, 4) is 0 Å². The number of aryl methyl sites for hydroxylation is 1. The van der Waals surface area contributed by atoms with Gasteiger partial charge >= 0.3 is 5.97 Å². The van der Waals surface area contributed by atoms with E-state index in [4.69, 9.17) is 4.74 Å². The van der Waals surface area contributed by atoms with Gasteiger partial charge in [-0.2, -0.15) is 0 Å².